The Labute approximate surface area is 187 Å². The number of carbonyl (C=O) groups excluding carboxylic acids is 1. The van der Waals surface area contributed by atoms with Crippen molar-refractivity contribution in [2.24, 2.45) is 5.73 Å². The van der Waals surface area contributed by atoms with Crippen molar-refractivity contribution in [3.63, 3.8) is 0 Å². The largest absolute Gasteiger partial charge is 0.393 e. The zero-order valence-corrected chi connectivity index (χ0v) is 18.1. The highest BCUT2D eigenvalue weighted by Gasteiger charge is 2.26. The first-order valence-electron chi connectivity index (χ1n) is 11.5. The molecule has 0 amide bonds. The lowest BCUT2D eigenvalue weighted by atomic mass is 9.92. The van der Waals surface area contributed by atoms with Crippen molar-refractivity contribution >= 4 is 22.5 Å². The number of anilines is 1. The van der Waals surface area contributed by atoms with E-state index in [1.807, 2.05) is 16.7 Å². The van der Waals surface area contributed by atoms with Crippen molar-refractivity contribution in [3.8, 4) is 17.2 Å². The highest BCUT2D eigenvalue weighted by Crippen LogP contribution is 2.40. The topological polar surface area (TPSA) is 104 Å². The van der Waals surface area contributed by atoms with Gasteiger partial charge in [-0.25, -0.2) is 0 Å². The van der Waals surface area contributed by atoms with Crippen molar-refractivity contribution in [1.82, 2.24) is 4.57 Å². The molecule has 0 atom stereocenters. The minimum atomic E-state index is -0.195. The van der Waals surface area contributed by atoms with Crippen LogP contribution in [-0.2, 0) is 13.0 Å². The van der Waals surface area contributed by atoms with Crippen LogP contribution in [0.15, 0.2) is 36.4 Å². The third kappa shape index (κ3) is 3.58. The van der Waals surface area contributed by atoms with E-state index < -0.39 is 0 Å². The molecule has 2 aromatic carbocycles. The summed E-state index contributed by atoms with van der Waals surface area (Å²) < 4.78 is 1.85. The molecule has 32 heavy (non-hydrogen) atoms. The van der Waals surface area contributed by atoms with E-state index in [9.17, 15) is 15.2 Å². The number of nitriles is 1. The molecule has 1 aliphatic heterocycles. The number of hydrogen-bond acceptors (Lipinski definition) is 5. The summed E-state index contributed by atoms with van der Waals surface area (Å²) in [6, 6.07) is 14.4. The molecular weight excluding hydrogens is 400 g/mol. The Balaban J connectivity index is 1.64. The van der Waals surface area contributed by atoms with E-state index in [1.54, 1.807) is 6.07 Å². The Hall–Kier alpha value is -3.14. The van der Waals surface area contributed by atoms with E-state index in [0.717, 1.165) is 77.5 Å². The van der Waals surface area contributed by atoms with Crippen molar-refractivity contribution in [2.75, 3.05) is 5.32 Å². The average Bonchev–Trinajstić information content (AvgIpc) is 3.15. The summed E-state index contributed by atoms with van der Waals surface area (Å²) in [5.41, 5.74) is 12.7. The number of nitrogens with zero attached hydrogens (tertiary/aromatic N) is 2. The third-order valence-corrected chi connectivity index (χ3v) is 6.92. The molecule has 0 unspecified atom stereocenters. The minimum Gasteiger partial charge on any atom is -0.393 e. The first kappa shape index (κ1) is 20.7. The molecule has 1 aliphatic carbocycles. The van der Waals surface area contributed by atoms with Crippen molar-refractivity contribution in [2.45, 2.75) is 63.6 Å². The van der Waals surface area contributed by atoms with Crippen LogP contribution in [0.4, 0.5) is 5.69 Å². The number of nitrogens with two attached hydrogens (primary N) is 1. The van der Waals surface area contributed by atoms with Gasteiger partial charge in [0.2, 0.25) is 5.91 Å². The van der Waals surface area contributed by atoms with Gasteiger partial charge in [-0.15, -0.1) is 0 Å². The number of aromatic nitrogens is 1. The first-order valence-corrected chi connectivity index (χ1v) is 11.5. The Morgan fingerprint density at radius 1 is 1.12 bits per heavy atom. The van der Waals surface area contributed by atoms with Gasteiger partial charge in [-0.2, -0.15) is 5.26 Å². The predicted molar refractivity (Wildman–Crippen MR) is 125 cm³/mol. The van der Waals surface area contributed by atoms with Gasteiger partial charge in [0.25, 0.3) is 0 Å². The normalized spacial score (nSPS) is 20.7. The molecule has 164 valence electrons. The number of benzene rings is 2. The van der Waals surface area contributed by atoms with E-state index in [2.05, 4.69) is 29.6 Å². The molecule has 0 saturated heterocycles. The quantitative estimate of drug-likeness (QED) is 0.574. The van der Waals surface area contributed by atoms with E-state index in [1.165, 1.54) is 0 Å². The van der Waals surface area contributed by atoms with Crippen LogP contribution in [0.1, 0.15) is 60.1 Å². The molecular formula is C26H28N4O2. The Bertz CT molecular complexity index is 1230. The van der Waals surface area contributed by atoms with E-state index in [0.29, 0.717) is 24.6 Å². The van der Waals surface area contributed by atoms with Gasteiger partial charge in [0.1, 0.15) is 0 Å². The zero-order valence-electron chi connectivity index (χ0n) is 18.1. The SMILES string of the molecule is N#Cc1ccc2c(c1)c(-c1ccc(CN)c(NC3CCC(O)CC3)c1)c1n2C(=O)CCC1. The van der Waals surface area contributed by atoms with Crippen LogP contribution in [0.3, 0.4) is 0 Å². The lowest BCUT2D eigenvalue weighted by Crippen LogP contribution is -2.28. The Kier molecular flexibility index (Phi) is 5.46. The molecule has 0 spiro atoms. The number of aliphatic hydroxyl groups excluding tert-OH is 1. The highest BCUT2D eigenvalue weighted by molar-refractivity contribution is 6.05. The van der Waals surface area contributed by atoms with Crippen LogP contribution in [-0.4, -0.2) is 27.7 Å². The fourth-order valence-electron chi connectivity index (χ4n) is 5.26. The number of hydrogen-bond donors (Lipinski definition) is 3. The van der Waals surface area contributed by atoms with Crippen molar-refractivity contribution in [1.29, 1.82) is 5.26 Å². The summed E-state index contributed by atoms with van der Waals surface area (Å²) in [5.74, 6) is 0.116. The van der Waals surface area contributed by atoms with Crippen molar-refractivity contribution < 1.29 is 9.90 Å². The lowest BCUT2D eigenvalue weighted by Gasteiger charge is -2.28. The fourth-order valence-corrected chi connectivity index (χ4v) is 5.26. The van der Waals surface area contributed by atoms with Crippen LogP contribution in [0, 0.1) is 11.3 Å². The molecule has 2 aliphatic rings. The fraction of sp³-hybridized carbons (Fsp3) is 0.385. The van der Waals surface area contributed by atoms with E-state index in [4.69, 9.17) is 5.73 Å². The Morgan fingerprint density at radius 2 is 1.94 bits per heavy atom. The second-order valence-electron chi connectivity index (χ2n) is 8.97. The summed E-state index contributed by atoms with van der Waals surface area (Å²) >= 11 is 0. The van der Waals surface area contributed by atoms with Gasteiger partial charge < -0.3 is 16.2 Å². The van der Waals surface area contributed by atoms with Crippen molar-refractivity contribution in [3.05, 3.63) is 53.2 Å². The molecule has 3 aromatic rings. The van der Waals surface area contributed by atoms with Gasteiger partial charge in [0, 0.05) is 41.3 Å². The van der Waals surface area contributed by atoms with Crippen LogP contribution < -0.4 is 11.1 Å². The van der Waals surface area contributed by atoms with Gasteiger partial charge >= 0.3 is 0 Å². The summed E-state index contributed by atoms with van der Waals surface area (Å²) in [7, 11) is 0. The van der Waals surface area contributed by atoms with E-state index >= 15 is 0 Å². The highest BCUT2D eigenvalue weighted by atomic mass is 16.3. The summed E-state index contributed by atoms with van der Waals surface area (Å²) in [4.78, 5) is 12.8. The second kappa shape index (κ2) is 8.42. The number of fused-ring (bicyclic) bond motifs is 3. The molecule has 6 heteroatoms. The minimum absolute atomic E-state index is 0.116. The lowest BCUT2D eigenvalue weighted by molar-refractivity contribution is 0.0890. The standard InChI is InChI=1S/C26H28N4O2/c27-14-16-4-11-23-21(12-16)26(24-2-1-3-25(32)30(23)24)17-5-6-18(15-28)22(13-17)29-19-7-9-20(31)10-8-19/h4-6,11-13,19-20,29,31H,1-3,7-10,15,28H2. The predicted octanol–water partition coefficient (Wildman–Crippen LogP) is 4.33. The maximum absolute atomic E-state index is 12.8. The van der Waals surface area contributed by atoms with Gasteiger partial charge in [0.15, 0.2) is 0 Å². The molecule has 0 bridgehead atoms. The first-order chi connectivity index (χ1) is 15.6. The number of rotatable bonds is 4. The van der Waals surface area contributed by atoms with Gasteiger partial charge in [-0.3, -0.25) is 9.36 Å². The third-order valence-electron chi connectivity index (χ3n) is 6.92. The number of carbonyl (C=O) groups is 1. The molecule has 1 aromatic heterocycles. The molecule has 1 fully saturated rings. The van der Waals surface area contributed by atoms with Crippen LogP contribution in [0.25, 0.3) is 22.0 Å². The van der Waals surface area contributed by atoms with Gasteiger partial charge in [-0.05, 0) is 73.9 Å². The molecule has 2 heterocycles. The average molecular weight is 429 g/mol. The summed E-state index contributed by atoms with van der Waals surface area (Å²) in [6.45, 7) is 0.434. The maximum Gasteiger partial charge on any atom is 0.231 e. The van der Waals surface area contributed by atoms with Crippen LogP contribution >= 0.6 is 0 Å². The Morgan fingerprint density at radius 3 is 2.69 bits per heavy atom. The smallest absolute Gasteiger partial charge is 0.231 e. The molecule has 1 saturated carbocycles. The van der Waals surface area contributed by atoms with Gasteiger partial charge in [-0.1, -0.05) is 12.1 Å². The van der Waals surface area contributed by atoms with Gasteiger partial charge in [0.05, 0.1) is 23.3 Å². The maximum atomic E-state index is 12.8. The molecule has 4 N–H and O–H groups in total. The second-order valence-corrected chi connectivity index (χ2v) is 8.97. The summed E-state index contributed by atoms with van der Waals surface area (Å²) in [6.07, 6.45) is 5.50. The monoisotopic (exact) mass is 428 g/mol. The number of aliphatic hydroxyl groups is 1. The zero-order chi connectivity index (χ0) is 22.2. The van der Waals surface area contributed by atoms with Crippen LogP contribution in [0.2, 0.25) is 0 Å². The van der Waals surface area contributed by atoms with Crippen LogP contribution in [0.5, 0.6) is 0 Å². The molecule has 5 rings (SSSR count). The number of nitrogens with one attached hydrogen (secondary N) is 1. The molecule has 6 nitrogen and oxygen atoms in total. The summed E-state index contributed by atoms with van der Waals surface area (Å²) in [5, 5.41) is 23.9. The van der Waals surface area contributed by atoms with E-state index in [-0.39, 0.29) is 12.0 Å². The molecule has 0 radical (unpaired) electrons.